The molecule has 0 aliphatic carbocycles. The molecular formula is C11H13ClN2O. The van der Waals surface area contributed by atoms with E-state index in [1.807, 2.05) is 24.3 Å². The Balaban J connectivity index is 2.43. The summed E-state index contributed by atoms with van der Waals surface area (Å²) in [6, 6.07) is 7.56. The summed E-state index contributed by atoms with van der Waals surface area (Å²) in [5.74, 6) is 0. The van der Waals surface area contributed by atoms with Gasteiger partial charge < -0.3 is 15.8 Å². The molecule has 15 heavy (non-hydrogen) atoms. The molecule has 4 N–H and O–H groups in total. The van der Waals surface area contributed by atoms with Crippen LogP contribution in [0.25, 0.3) is 10.9 Å². The Kier molecular flexibility index (Phi) is 2.95. The van der Waals surface area contributed by atoms with E-state index in [9.17, 15) is 5.11 Å². The van der Waals surface area contributed by atoms with Gasteiger partial charge in [-0.2, -0.15) is 0 Å². The van der Waals surface area contributed by atoms with Gasteiger partial charge in [0.05, 0.1) is 16.6 Å². The van der Waals surface area contributed by atoms with Gasteiger partial charge in [-0.05, 0) is 25.1 Å². The highest BCUT2D eigenvalue weighted by Gasteiger charge is 2.10. The number of aromatic amines is 1. The number of hydrogen-bond acceptors (Lipinski definition) is 2. The van der Waals surface area contributed by atoms with E-state index in [1.165, 1.54) is 0 Å². The molecule has 0 aliphatic rings. The molecule has 0 fully saturated rings. The Hall–Kier alpha value is -1.03. The van der Waals surface area contributed by atoms with Gasteiger partial charge in [-0.1, -0.05) is 23.7 Å². The van der Waals surface area contributed by atoms with Crippen molar-refractivity contribution < 1.29 is 5.11 Å². The van der Waals surface area contributed by atoms with Crippen molar-refractivity contribution in [2.45, 2.75) is 12.5 Å². The summed E-state index contributed by atoms with van der Waals surface area (Å²) in [4.78, 5) is 3.11. The SMILES string of the molecule is NCCC(O)c1cc2cccc(Cl)c2[nH]1. The second-order valence-corrected chi connectivity index (χ2v) is 3.93. The van der Waals surface area contributed by atoms with Crippen LogP contribution in [0, 0.1) is 0 Å². The lowest BCUT2D eigenvalue weighted by Crippen LogP contribution is -2.06. The third kappa shape index (κ3) is 2.00. The van der Waals surface area contributed by atoms with Crippen LogP contribution in [0.2, 0.25) is 5.02 Å². The second kappa shape index (κ2) is 4.23. The molecule has 1 heterocycles. The van der Waals surface area contributed by atoms with Crippen molar-refractivity contribution in [1.82, 2.24) is 4.98 Å². The van der Waals surface area contributed by atoms with Gasteiger partial charge in [0.15, 0.2) is 0 Å². The van der Waals surface area contributed by atoms with Gasteiger partial charge in [-0.3, -0.25) is 0 Å². The number of aliphatic hydroxyl groups excluding tert-OH is 1. The zero-order chi connectivity index (χ0) is 10.8. The van der Waals surface area contributed by atoms with Crippen LogP contribution < -0.4 is 5.73 Å². The minimum Gasteiger partial charge on any atom is -0.387 e. The monoisotopic (exact) mass is 224 g/mol. The largest absolute Gasteiger partial charge is 0.387 e. The average molecular weight is 225 g/mol. The maximum Gasteiger partial charge on any atom is 0.0950 e. The average Bonchev–Trinajstić information content (AvgIpc) is 2.63. The number of aromatic nitrogens is 1. The van der Waals surface area contributed by atoms with Crippen LogP contribution in [0.5, 0.6) is 0 Å². The Bertz CT molecular complexity index is 467. The molecule has 3 nitrogen and oxygen atoms in total. The van der Waals surface area contributed by atoms with Crippen LogP contribution in [0.15, 0.2) is 24.3 Å². The molecule has 1 atom stereocenters. The van der Waals surface area contributed by atoms with E-state index in [0.717, 1.165) is 16.6 Å². The number of aliphatic hydroxyl groups is 1. The number of fused-ring (bicyclic) bond motifs is 1. The summed E-state index contributed by atoms with van der Waals surface area (Å²) < 4.78 is 0. The van der Waals surface area contributed by atoms with Crippen LogP contribution in [0.3, 0.4) is 0 Å². The summed E-state index contributed by atoms with van der Waals surface area (Å²) in [6.45, 7) is 0.463. The summed E-state index contributed by atoms with van der Waals surface area (Å²) in [6.07, 6.45) is 0.00299. The lowest BCUT2D eigenvalue weighted by Gasteiger charge is -2.05. The predicted octanol–water partition coefficient (Wildman–Crippen LogP) is 2.20. The van der Waals surface area contributed by atoms with Crippen LogP contribution in [-0.2, 0) is 0 Å². The second-order valence-electron chi connectivity index (χ2n) is 3.52. The molecule has 0 saturated heterocycles. The summed E-state index contributed by atoms with van der Waals surface area (Å²) in [5, 5.41) is 11.4. The molecule has 0 spiro atoms. The molecule has 4 heteroatoms. The van der Waals surface area contributed by atoms with Crippen molar-refractivity contribution in [1.29, 1.82) is 0 Å². The van der Waals surface area contributed by atoms with Crippen LogP contribution in [0.1, 0.15) is 18.2 Å². The molecule has 0 bridgehead atoms. The normalized spacial score (nSPS) is 13.3. The van der Waals surface area contributed by atoms with Gasteiger partial charge in [0.1, 0.15) is 0 Å². The summed E-state index contributed by atoms with van der Waals surface area (Å²) in [5.41, 5.74) is 7.02. The molecule has 1 unspecified atom stereocenters. The lowest BCUT2D eigenvalue weighted by atomic mass is 10.2. The number of nitrogens with two attached hydrogens (primary N) is 1. The number of hydrogen-bond donors (Lipinski definition) is 3. The quantitative estimate of drug-likeness (QED) is 0.749. The van der Waals surface area contributed by atoms with Crippen LogP contribution >= 0.6 is 11.6 Å². The van der Waals surface area contributed by atoms with Crippen molar-refractivity contribution in [3.8, 4) is 0 Å². The van der Waals surface area contributed by atoms with E-state index in [4.69, 9.17) is 17.3 Å². The molecule has 1 aromatic heterocycles. The molecule has 1 aromatic carbocycles. The van der Waals surface area contributed by atoms with Crippen molar-refractivity contribution in [2.75, 3.05) is 6.54 Å². The first kappa shape index (κ1) is 10.5. The first-order chi connectivity index (χ1) is 7.22. The number of H-pyrrole nitrogens is 1. The van der Waals surface area contributed by atoms with Gasteiger partial charge in [0.25, 0.3) is 0 Å². The first-order valence-electron chi connectivity index (χ1n) is 4.87. The molecule has 2 aromatic rings. The molecule has 80 valence electrons. The topological polar surface area (TPSA) is 62.0 Å². The molecule has 0 saturated carbocycles. The highest BCUT2D eigenvalue weighted by molar-refractivity contribution is 6.35. The lowest BCUT2D eigenvalue weighted by molar-refractivity contribution is 0.166. The fourth-order valence-electron chi connectivity index (χ4n) is 1.63. The van der Waals surface area contributed by atoms with E-state index in [0.29, 0.717) is 18.0 Å². The van der Waals surface area contributed by atoms with Gasteiger partial charge in [-0.25, -0.2) is 0 Å². The van der Waals surface area contributed by atoms with E-state index < -0.39 is 6.10 Å². The zero-order valence-electron chi connectivity index (χ0n) is 8.20. The Morgan fingerprint density at radius 2 is 2.27 bits per heavy atom. The predicted molar refractivity (Wildman–Crippen MR) is 61.9 cm³/mol. The third-order valence-corrected chi connectivity index (χ3v) is 2.74. The van der Waals surface area contributed by atoms with Gasteiger partial charge in [-0.15, -0.1) is 0 Å². The first-order valence-corrected chi connectivity index (χ1v) is 5.25. The van der Waals surface area contributed by atoms with E-state index in [-0.39, 0.29) is 0 Å². The molecule has 2 rings (SSSR count). The molecule has 0 amide bonds. The number of rotatable bonds is 3. The van der Waals surface area contributed by atoms with Gasteiger partial charge in [0.2, 0.25) is 0 Å². The number of benzene rings is 1. The summed E-state index contributed by atoms with van der Waals surface area (Å²) in [7, 11) is 0. The molecule has 0 radical (unpaired) electrons. The van der Waals surface area contributed by atoms with E-state index in [2.05, 4.69) is 4.98 Å². The third-order valence-electron chi connectivity index (χ3n) is 2.43. The summed E-state index contributed by atoms with van der Waals surface area (Å²) >= 11 is 6.01. The zero-order valence-corrected chi connectivity index (χ0v) is 8.96. The minimum absolute atomic E-state index is 0.463. The molecular weight excluding hydrogens is 212 g/mol. The van der Waals surface area contributed by atoms with Crippen molar-refractivity contribution in [3.05, 3.63) is 35.0 Å². The fourth-order valence-corrected chi connectivity index (χ4v) is 1.86. The van der Waals surface area contributed by atoms with Crippen molar-refractivity contribution in [3.63, 3.8) is 0 Å². The number of halogens is 1. The highest BCUT2D eigenvalue weighted by Crippen LogP contribution is 2.26. The van der Waals surface area contributed by atoms with Crippen LogP contribution in [0.4, 0.5) is 0 Å². The Morgan fingerprint density at radius 1 is 1.47 bits per heavy atom. The Labute approximate surface area is 92.9 Å². The minimum atomic E-state index is -0.543. The fraction of sp³-hybridized carbons (Fsp3) is 0.273. The smallest absolute Gasteiger partial charge is 0.0950 e. The van der Waals surface area contributed by atoms with E-state index >= 15 is 0 Å². The van der Waals surface area contributed by atoms with Crippen molar-refractivity contribution >= 4 is 22.5 Å². The van der Waals surface area contributed by atoms with Crippen LogP contribution in [-0.4, -0.2) is 16.6 Å². The highest BCUT2D eigenvalue weighted by atomic mass is 35.5. The number of para-hydroxylation sites is 1. The maximum atomic E-state index is 9.76. The van der Waals surface area contributed by atoms with Crippen molar-refractivity contribution in [2.24, 2.45) is 5.73 Å². The standard InChI is InChI=1S/C11H13ClN2O/c12-8-3-1-2-7-6-9(14-11(7)8)10(15)4-5-13/h1-3,6,10,14-15H,4-5,13H2. The number of nitrogens with one attached hydrogen (secondary N) is 1. The van der Waals surface area contributed by atoms with Gasteiger partial charge in [0, 0.05) is 11.1 Å². The van der Waals surface area contributed by atoms with E-state index in [1.54, 1.807) is 0 Å². The Morgan fingerprint density at radius 3 is 2.93 bits per heavy atom. The molecule has 0 aliphatic heterocycles. The van der Waals surface area contributed by atoms with Gasteiger partial charge >= 0.3 is 0 Å². The maximum absolute atomic E-state index is 9.76.